The molecule has 0 aliphatic carbocycles. The van der Waals surface area contributed by atoms with E-state index in [2.05, 4.69) is 5.10 Å². The van der Waals surface area contributed by atoms with E-state index in [-0.39, 0.29) is 11.5 Å². The first-order valence-corrected chi connectivity index (χ1v) is 4.42. The summed E-state index contributed by atoms with van der Waals surface area (Å²) >= 11 is 0. The first-order valence-electron chi connectivity index (χ1n) is 4.42. The van der Waals surface area contributed by atoms with Crippen molar-refractivity contribution >= 4 is 5.91 Å². The molecule has 5 nitrogen and oxygen atoms in total. The van der Waals surface area contributed by atoms with Crippen molar-refractivity contribution in [3.8, 4) is 5.88 Å². The number of ether oxygens (including phenoxy) is 2. The molecule has 0 saturated carbocycles. The number of rotatable bonds is 3. The zero-order chi connectivity index (χ0) is 10.2. The van der Waals surface area contributed by atoms with Crippen LogP contribution >= 0.6 is 0 Å². The highest BCUT2D eigenvalue weighted by atomic mass is 16.6. The lowest BCUT2D eigenvalue weighted by atomic mass is 10.2. The molecule has 5 heteroatoms. The van der Waals surface area contributed by atoms with Crippen molar-refractivity contribution in [2.45, 2.75) is 19.4 Å². The Balaban J connectivity index is 1.93. The second-order valence-electron chi connectivity index (χ2n) is 3.64. The molecule has 0 N–H and O–H groups in total. The lowest BCUT2D eigenvalue weighted by Gasteiger charge is -2.04. The standard InChI is InChI=1S/C9H12N2O3/c1-7(12)11-4-3-8(10-11)13-5-9(2)6-14-9/h3-4H,5-6H2,1-2H3. The van der Waals surface area contributed by atoms with Gasteiger partial charge in [-0.25, -0.2) is 4.68 Å². The molecule has 0 bridgehead atoms. The molecule has 1 fully saturated rings. The molecular weight excluding hydrogens is 184 g/mol. The van der Waals surface area contributed by atoms with Gasteiger partial charge in [-0.1, -0.05) is 0 Å². The molecule has 1 unspecified atom stereocenters. The van der Waals surface area contributed by atoms with Gasteiger partial charge in [-0.15, -0.1) is 5.10 Å². The Morgan fingerprint density at radius 1 is 1.86 bits per heavy atom. The maximum absolute atomic E-state index is 10.9. The van der Waals surface area contributed by atoms with E-state index >= 15 is 0 Å². The Morgan fingerprint density at radius 2 is 2.57 bits per heavy atom. The topological polar surface area (TPSA) is 56.6 Å². The SMILES string of the molecule is CC(=O)n1ccc(OCC2(C)CO2)n1. The molecule has 0 amide bonds. The summed E-state index contributed by atoms with van der Waals surface area (Å²) in [6.45, 7) is 4.61. The largest absolute Gasteiger partial charge is 0.473 e. The van der Waals surface area contributed by atoms with Crippen molar-refractivity contribution in [3.63, 3.8) is 0 Å². The van der Waals surface area contributed by atoms with Crippen LogP contribution in [-0.4, -0.2) is 34.5 Å². The number of epoxide rings is 1. The average molecular weight is 196 g/mol. The second-order valence-corrected chi connectivity index (χ2v) is 3.64. The van der Waals surface area contributed by atoms with Crippen molar-refractivity contribution in [2.24, 2.45) is 0 Å². The number of aromatic nitrogens is 2. The molecule has 0 radical (unpaired) electrons. The smallest absolute Gasteiger partial charge is 0.243 e. The fourth-order valence-corrected chi connectivity index (χ4v) is 0.993. The Kier molecular flexibility index (Phi) is 2.03. The summed E-state index contributed by atoms with van der Waals surface area (Å²) in [5, 5.41) is 3.93. The molecule has 1 saturated heterocycles. The van der Waals surface area contributed by atoms with Crippen LogP contribution in [0.15, 0.2) is 12.3 Å². The third-order valence-corrected chi connectivity index (χ3v) is 2.05. The van der Waals surface area contributed by atoms with Gasteiger partial charge in [0.05, 0.1) is 6.61 Å². The molecule has 0 spiro atoms. The molecule has 1 aliphatic rings. The Morgan fingerprint density at radius 3 is 3.07 bits per heavy atom. The van der Waals surface area contributed by atoms with Crippen LogP contribution in [0.2, 0.25) is 0 Å². The van der Waals surface area contributed by atoms with Gasteiger partial charge in [0.15, 0.2) is 0 Å². The van der Waals surface area contributed by atoms with Gasteiger partial charge < -0.3 is 9.47 Å². The number of hydrogen-bond acceptors (Lipinski definition) is 4. The highest BCUT2D eigenvalue weighted by Crippen LogP contribution is 2.26. The summed E-state index contributed by atoms with van der Waals surface area (Å²) in [5.41, 5.74) is -0.153. The molecule has 1 atom stereocenters. The summed E-state index contributed by atoms with van der Waals surface area (Å²) in [6, 6.07) is 1.66. The fraction of sp³-hybridized carbons (Fsp3) is 0.556. The maximum Gasteiger partial charge on any atom is 0.243 e. The van der Waals surface area contributed by atoms with Crippen LogP contribution in [0.4, 0.5) is 0 Å². The van der Waals surface area contributed by atoms with Crippen LogP contribution in [0.25, 0.3) is 0 Å². The van der Waals surface area contributed by atoms with Gasteiger partial charge in [0.2, 0.25) is 11.8 Å². The monoisotopic (exact) mass is 196 g/mol. The van der Waals surface area contributed by atoms with Crippen molar-refractivity contribution < 1.29 is 14.3 Å². The minimum absolute atomic E-state index is 0.131. The van der Waals surface area contributed by atoms with E-state index in [1.807, 2.05) is 6.92 Å². The molecule has 1 aliphatic heterocycles. The van der Waals surface area contributed by atoms with Crippen LogP contribution in [0, 0.1) is 0 Å². The van der Waals surface area contributed by atoms with Crippen LogP contribution in [-0.2, 0) is 4.74 Å². The predicted molar refractivity (Wildman–Crippen MR) is 48.4 cm³/mol. The van der Waals surface area contributed by atoms with Crippen molar-refractivity contribution in [1.82, 2.24) is 9.78 Å². The van der Waals surface area contributed by atoms with E-state index in [1.165, 1.54) is 11.6 Å². The van der Waals surface area contributed by atoms with Crippen LogP contribution < -0.4 is 4.74 Å². The molecule has 1 aromatic heterocycles. The molecule has 76 valence electrons. The van der Waals surface area contributed by atoms with Crippen LogP contribution in [0.5, 0.6) is 5.88 Å². The molecule has 2 heterocycles. The number of carbonyl (C=O) groups excluding carboxylic acids is 1. The molecular formula is C9H12N2O3. The predicted octanol–water partition coefficient (Wildman–Crippen LogP) is 0.711. The quantitative estimate of drug-likeness (QED) is 0.668. The Bertz CT molecular complexity index is 355. The zero-order valence-electron chi connectivity index (χ0n) is 8.19. The van der Waals surface area contributed by atoms with E-state index < -0.39 is 0 Å². The Labute approximate surface area is 81.6 Å². The van der Waals surface area contributed by atoms with Gasteiger partial charge in [0.1, 0.15) is 12.2 Å². The van der Waals surface area contributed by atoms with E-state index in [9.17, 15) is 4.79 Å². The van der Waals surface area contributed by atoms with Gasteiger partial charge in [-0.3, -0.25) is 4.79 Å². The number of carbonyl (C=O) groups is 1. The van der Waals surface area contributed by atoms with Crippen molar-refractivity contribution in [1.29, 1.82) is 0 Å². The lowest BCUT2D eigenvalue weighted by molar-refractivity contribution is 0.0918. The molecule has 2 rings (SSSR count). The summed E-state index contributed by atoms with van der Waals surface area (Å²) in [5.74, 6) is 0.325. The van der Waals surface area contributed by atoms with E-state index in [1.54, 1.807) is 12.3 Å². The second kappa shape index (κ2) is 3.09. The minimum atomic E-state index is -0.153. The van der Waals surface area contributed by atoms with Gasteiger partial charge >= 0.3 is 0 Å². The summed E-state index contributed by atoms with van der Waals surface area (Å²) in [4.78, 5) is 10.9. The van der Waals surface area contributed by atoms with Gasteiger partial charge in [-0.05, 0) is 6.92 Å². The summed E-state index contributed by atoms with van der Waals surface area (Å²) in [6.07, 6.45) is 1.58. The summed E-state index contributed by atoms with van der Waals surface area (Å²) in [7, 11) is 0. The first kappa shape index (κ1) is 9.21. The molecule has 0 aromatic carbocycles. The lowest BCUT2D eigenvalue weighted by Crippen LogP contribution is -2.17. The molecule has 14 heavy (non-hydrogen) atoms. The number of nitrogens with zero attached hydrogens (tertiary/aromatic N) is 2. The van der Waals surface area contributed by atoms with Gasteiger partial charge in [0, 0.05) is 19.2 Å². The third kappa shape index (κ3) is 1.93. The van der Waals surface area contributed by atoms with Crippen LogP contribution in [0.1, 0.15) is 18.6 Å². The molecule has 1 aromatic rings. The first-order chi connectivity index (χ1) is 6.59. The van der Waals surface area contributed by atoms with Crippen LogP contribution in [0.3, 0.4) is 0 Å². The average Bonchev–Trinajstić information content (AvgIpc) is 2.68. The van der Waals surface area contributed by atoms with E-state index in [0.717, 1.165) is 6.61 Å². The summed E-state index contributed by atoms with van der Waals surface area (Å²) < 4.78 is 11.7. The highest BCUT2D eigenvalue weighted by molar-refractivity contribution is 5.75. The third-order valence-electron chi connectivity index (χ3n) is 2.05. The highest BCUT2D eigenvalue weighted by Gasteiger charge is 2.40. The maximum atomic E-state index is 10.9. The minimum Gasteiger partial charge on any atom is -0.473 e. The zero-order valence-corrected chi connectivity index (χ0v) is 8.19. The van der Waals surface area contributed by atoms with Crippen molar-refractivity contribution in [2.75, 3.05) is 13.2 Å². The van der Waals surface area contributed by atoms with E-state index in [4.69, 9.17) is 9.47 Å². The number of hydrogen-bond donors (Lipinski definition) is 0. The van der Waals surface area contributed by atoms with Crippen molar-refractivity contribution in [3.05, 3.63) is 12.3 Å². The Hall–Kier alpha value is -1.36. The fourth-order valence-electron chi connectivity index (χ4n) is 0.993. The van der Waals surface area contributed by atoms with Gasteiger partial charge in [0.25, 0.3) is 0 Å². The van der Waals surface area contributed by atoms with Gasteiger partial charge in [-0.2, -0.15) is 0 Å². The van der Waals surface area contributed by atoms with E-state index in [0.29, 0.717) is 12.5 Å². The normalized spacial score (nSPS) is 24.7.